The smallest absolute Gasteiger partial charge is 0.473 e. The highest BCUT2D eigenvalue weighted by Crippen LogP contribution is 2.36. The van der Waals surface area contributed by atoms with Gasteiger partial charge < -0.3 is 14.0 Å². The monoisotopic (exact) mass is 311 g/mol. The topological polar surface area (TPSA) is 40.6 Å². The Hall–Kier alpha value is -1.85. The van der Waals surface area contributed by atoms with E-state index in [4.69, 9.17) is 14.0 Å². The van der Waals surface area contributed by atoms with E-state index < -0.39 is 0 Å². The van der Waals surface area contributed by atoms with Gasteiger partial charge in [0.1, 0.15) is 6.61 Å². The van der Waals surface area contributed by atoms with Gasteiger partial charge in [-0.2, -0.15) is 0 Å². The van der Waals surface area contributed by atoms with Crippen LogP contribution in [0.15, 0.2) is 48.7 Å². The van der Waals surface area contributed by atoms with Crippen LogP contribution >= 0.6 is 0 Å². The van der Waals surface area contributed by atoms with Crippen LogP contribution in [-0.2, 0) is 15.9 Å². The molecule has 0 aliphatic carbocycles. The Morgan fingerprint density at radius 3 is 2.17 bits per heavy atom. The highest BCUT2D eigenvalue weighted by atomic mass is 16.7. The summed E-state index contributed by atoms with van der Waals surface area (Å²) in [4.78, 5) is 4.14. The summed E-state index contributed by atoms with van der Waals surface area (Å²) in [6.45, 7) is 8.72. The predicted octanol–water partition coefficient (Wildman–Crippen LogP) is 2.96. The molecule has 0 bridgehead atoms. The molecule has 0 unspecified atom stereocenters. The minimum atomic E-state index is -0.328. The molecule has 0 radical (unpaired) electrons. The van der Waals surface area contributed by atoms with Gasteiger partial charge in [0, 0.05) is 12.3 Å². The minimum absolute atomic E-state index is 0.321. The largest absolute Gasteiger partial charge is 0.494 e. The predicted molar refractivity (Wildman–Crippen MR) is 90.7 cm³/mol. The van der Waals surface area contributed by atoms with Gasteiger partial charge in [-0.1, -0.05) is 30.3 Å². The molecule has 0 N–H and O–H groups in total. The fourth-order valence-corrected chi connectivity index (χ4v) is 2.34. The Kier molecular flexibility index (Phi) is 4.17. The van der Waals surface area contributed by atoms with Gasteiger partial charge in [0.05, 0.1) is 11.2 Å². The maximum Gasteiger partial charge on any atom is 0.494 e. The van der Waals surface area contributed by atoms with Crippen LogP contribution in [0.2, 0.25) is 0 Å². The highest BCUT2D eigenvalue weighted by Gasteiger charge is 2.51. The third-order valence-corrected chi connectivity index (χ3v) is 4.53. The zero-order chi connectivity index (χ0) is 16.5. The lowest BCUT2D eigenvalue weighted by atomic mass is 9.79. The maximum absolute atomic E-state index is 6.06. The van der Waals surface area contributed by atoms with E-state index in [-0.39, 0.29) is 18.3 Å². The first-order valence-electron chi connectivity index (χ1n) is 7.86. The van der Waals surface area contributed by atoms with E-state index in [2.05, 4.69) is 32.7 Å². The van der Waals surface area contributed by atoms with E-state index in [1.807, 2.05) is 42.5 Å². The van der Waals surface area contributed by atoms with Gasteiger partial charge in [-0.3, -0.25) is 0 Å². The van der Waals surface area contributed by atoms with Crippen molar-refractivity contribution >= 4 is 12.6 Å². The second-order valence-electron chi connectivity index (χ2n) is 6.79. The SMILES string of the molecule is CC1(C)OB(c2ccc(COc3ccccn3)cc2)OC1(C)C. The van der Waals surface area contributed by atoms with Crippen molar-refractivity contribution in [2.75, 3.05) is 0 Å². The summed E-state index contributed by atoms with van der Waals surface area (Å²) in [5.74, 6) is 0.627. The molecule has 0 saturated carbocycles. The molecule has 5 heteroatoms. The van der Waals surface area contributed by atoms with Crippen molar-refractivity contribution < 1.29 is 14.0 Å². The van der Waals surface area contributed by atoms with E-state index in [0.717, 1.165) is 11.0 Å². The molecule has 1 fully saturated rings. The molecule has 1 aromatic carbocycles. The molecule has 3 rings (SSSR count). The van der Waals surface area contributed by atoms with Gasteiger partial charge >= 0.3 is 7.12 Å². The van der Waals surface area contributed by atoms with Crippen LogP contribution in [0, 0.1) is 0 Å². The summed E-state index contributed by atoms with van der Waals surface area (Å²) in [6, 6.07) is 13.7. The molecule has 0 amide bonds. The molecule has 1 saturated heterocycles. The second kappa shape index (κ2) is 5.98. The summed E-state index contributed by atoms with van der Waals surface area (Å²) in [7, 11) is -0.328. The molecule has 2 heterocycles. The van der Waals surface area contributed by atoms with Crippen LogP contribution in [0.3, 0.4) is 0 Å². The van der Waals surface area contributed by atoms with Gasteiger partial charge in [0.2, 0.25) is 5.88 Å². The molecule has 23 heavy (non-hydrogen) atoms. The van der Waals surface area contributed by atoms with Gasteiger partial charge in [-0.05, 0) is 44.8 Å². The van der Waals surface area contributed by atoms with E-state index in [1.165, 1.54) is 0 Å². The zero-order valence-corrected chi connectivity index (χ0v) is 14.1. The van der Waals surface area contributed by atoms with Crippen molar-refractivity contribution in [3.05, 3.63) is 54.2 Å². The molecule has 1 aliphatic heterocycles. The normalized spacial score (nSPS) is 18.9. The first-order valence-corrected chi connectivity index (χ1v) is 7.86. The average Bonchev–Trinajstić information content (AvgIpc) is 2.75. The van der Waals surface area contributed by atoms with Crippen molar-refractivity contribution in [3.8, 4) is 5.88 Å². The lowest BCUT2D eigenvalue weighted by Crippen LogP contribution is -2.41. The van der Waals surface area contributed by atoms with Crippen LogP contribution in [0.4, 0.5) is 0 Å². The Balaban J connectivity index is 1.64. The second-order valence-corrected chi connectivity index (χ2v) is 6.79. The third-order valence-electron chi connectivity index (χ3n) is 4.53. The van der Waals surface area contributed by atoms with E-state index in [9.17, 15) is 0 Å². The Bertz CT molecular complexity index is 640. The number of aromatic nitrogens is 1. The van der Waals surface area contributed by atoms with Crippen molar-refractivity contribution in [1.82, 2.24) is 4.98 Å². The number of benzene rings is 1. The molecule has 120 valence electrons. The molecular formula is C18H22BNO3. The molecule has 4 nitrogen and oxygen atoms in total. The van der Waals surface area contributed by atoms with Gasteiger partial charge in [-0.15, -0.1) is 0 Å². The maximum atomic E-state index is 6.06. The number of pyridine rings is 1. The fraction of sp³-hybridized carbons (Fsp3) is 0.389. The summed E-state index contributed by atoms with van der Waals surface area (Å²) in [6.07, 6.45) is 1.72. The first-order chi connectivity index (χ1) is 10.9. The molecule has 1 aliphatic rings. The standard InChI is InChI=1S/C18H22BNO3/c1-17(2)18(3,4)23-19(22-17)15-10-8-14(9-11-15)13-21-16-7-5-6-12-20-16/h5-12H,13H2,1-4H3. The van der Waals surface area contributed by atoms with Crippen LogP contribution in [0.25, 0.3) is 0 Å². The van der Waals surface area contributed by atoms with Gasteiger partial charge in [-0.25, -0.2) is 4.98 Å². The number of hydrogen-bond acceptors (Lipinski definition) is 4. The average molecular weight is 311 g/mol. The van der Waals surface area contributed by atoms with Crippen LogP contribution < -0.4 is 10.2 Å². The number of nitrogens with zero attached hydrogens (tertiary/aromatic N) is 1. The van der Waals surface area contributed by atoms with Crippen LogP contribution in [0.1, 0.15) is 33.3 Å². The van der Waals surface area contributed by atoms with E-state index in [1.54, 1.807) is 6.20 Å². The Morgan fingerprint density at radius 1 is 0.957 bits per heavy atom. The summed E-state index contributed by atoms with van der Waals surface area (Å²) < 4.78 is 17.8. The van der Waals surface area contributed by atoms with E-state index >= 15 is 0 Å². The lowest BCUT2D eigenvalue weighted by Gasteiger charge is -2.32. The first kappa shape index (κ1) is 16.0. The molecule has 0 spiro atoms. The number of hydrogen-bond donors (Lipinski definition) is 0. The molecule has 1 aromatic heterocycles. The Labute approximate surface area is 137 Å². The van der Waals surface area contributed by atoms with Gasteiger partial charge in [0.25, 0.3) is 0 Å². The van der Waals surface area contributed by atoms with Crippen molar-refractivity contribution in [3.63, 3.8) is 0 Å². The summed E-state index contributed by atoms with van der Waals surface area (Å²) in [5, 5.41) is 0. The summed E-state index contributed by atoms with van der Waals surface area (Å²) >= 11 is 0. The molecular weight excluding hydrogens is 289 g/mol. The Morgan fingerprint density at radius 2 is 1.61 bits per heavy atom. The van der Waals surface area contributed by atoms with Crippen molar-refractivity contribution in [1.29, 1.82) is 0 Å². The van der Waals surface area contributed by atoms with E-state index in [0.29, 0.717) is 12.5 Å². The number of ether oxygens (including phenoxy) is 1. The highest BCUT2D eigenvalue weighted by molar-refractivity contribution is 6.62. The number of rotatable bonds is 4. The minimum Gasteiger partial charge on any atom is -0.473 e. The van der Waals surface area contributed by atoms with Crippen molar-refractivity contribution in [2.24, 2.45) is 0 Å². The van der Waals surface area contributed by atoms with Crippen molar-refractivity contribution in [2.45, 2.75) is 45.5 Å². The molecule has 0 atom stereocenters. The zero-order valence-electron chi connectivity index (χ0n) is 14.1. The lowest BCUT2D eigenvalue weighted by molar-refractivity contribution is 0.00578. The van der Waals surface area contributed by atoms with Gasteiger partial charge in [0.15, 0.2) is 0 Å². The van der Waals surface area contributed by atoms with Crippen LogP contribution in [-0.4, -0.2) is 23.3 Å². The fourth-order valence-electron chi connectivity index (χ4n) is 2.34. The third kappa shape index (κ3) is 3.41. The van der Waals surface area contributed by atoms with Crippen LogP contribution in [0.5, 0.6) is 5.88 Å². The quantitative estimate of drug-likeness (QED) is 0.814. The summed E-state index contributed by atoms with van der Waals surface area (Å²) in [5.41, 5.74) is 1.46. The molecule has 2 aromatic rings.